The fraction of sp³-hybridized carbons (Fsp3) is 0.286. The second kappa shape index (κ2) is 7.78. The Morgan fingerprint density at radius 2 is 2.14 bits per heavy atom. The molecule has 7 heteroatoms. The van der Waals surface area contributed by atoms with E-state index in [2.05, 4.69) is 0 Å². The van der Waals surface area contributed by atoms with Crippen LogP contribution in [-0.4, -0.2) is 39.9 Å². The number of non-ortho nitro benzene ring substituents is 1. The molecule has 1 rings (SSSR count). The lowest BCUT2D eigenvalue weighted by atomic mass is 10.2. The van der Waals surface area contributed by atoms with Crippen LogP contribution in [0.25, 0.3) is 6.08 Å². The van der Waals surface area contributed by atoms with Gasteiger partial charge in [-0.25, -0.2) is 0 Å². The van der Waals surface area contributed by atoms with Crippen LogP contribution in [0.15, 0.2) is 30.3 Å². The van der Waals surface area contributed by atoms with Gasteiger partial charge in [0.25, 0.3) is 5.69 Å². The summed E-state index contributed by atoms with van der Waals surface area (Å²) in [5.74, 6) is -1.52. The predicted molar refractivity (Wildman–Crippen MR) is 76.6 cm³/mol. The first-order valence-corrected chi connectivity index (χ1v) is 6.37. The minimum absolute atomic E-state index is 0.0689. The molecule has 0 saturated heterocycles. The number of hydrogen-bond donors (Lipinski definition) is 1. The maximum Gasteiger partial charge on any atom is 0.323 e. The third-order valence-corrected chi connectivity index (χ3v) is 2.63. The van der Waals surface area contributed by atoms with Crippen LogP contribution < -0.4 is 0 Å². The van der Waals surface area contributed by atoms with E-state index in [4.69, 9.17) is 5.11 Å². The van der Waals surface area contributed by atoms with E-state index in [9.17, 15) is 19.7 Å². The molecular formula is C14H16N2O5. The third-order valence-electron chi connectivity index (χ3n) is 2.63. The van der Waals surface area contributed by atoms with Crippen molar-refractivity contribution in [2.75, 3.05) is 13.1 Å². The number of amides is 1. The van der Waals surface area contributed by atoms with Crippen LogP contribution in [0.3, 0.4) is 0 Å². The van der Waals surface area contributed by atoms with Crippen LogP contribution in [0.1, 0.15) is 18.9 Å². The Morgan fingerprint density at radius 3 is 2.71 bits per heavy atom. The minimum atomic E-state index is -1.08. The van der Waals surface area contributed by atoms with Crippen LogP contribution >= 0.6 is 0 Å². The van der Waals surface area contributed by atoms with Gasteiger partial charge in [-0.05, 0) is 18.1 Å². The highest BCUT2D eigenvalue weighted by molar-refractivity contribution is 5.93. The average molecular weight is 292 g/mol. The van der Waals surface area contributed by atoms with E-state index in [1.807, 2.05) is 6.92 Å². The number of nitro benzene ring substituents is 1. The van der Waals surface area contributed by atoms with Gasteiger partial charge in [-0.3, -0.25) is 19.7 Å². The molecule has 1 aromatic rings. The van der Waals surface area contributed by atoms with Crippen LogP contribution in [-0.2, 0) is 9.59 Å². The molecule has 0 saturated carbocycles. The Bertz CT molecular complexity index is 568. The van der Waals surface area contributed by atoms with Crippen molar-refractivity contribution in [2.24, 2.45) is 0 Å². The molecule has 0 radical (unpaired) electrons. The van der Waals surface area contributed by atoms with Crippen LogP contribution in [0.4, 0.5) is 5.69 Å². The van der Waals surface area contributed by atoms with Crippen molar-refractivity contribution in [3.8, 4) is 0 Å². The van der Waals surface area contributed by atoms with Crippen molar-refractivity contribution in [2.45, 2.75) is 13.3 Å². The summed E-state index contributed by atoms with van der Waals surface area (Å²) in [7, 11) is 0. The first-order valence-electron chi connectivity index (χ1n) is 6.37. The fourth-order valence-corrected chi connectivity index (χ4v) is 1.72. The Hall–Kier alpha value is -2.70. The Balaban J connectivity index is 2.82. The monoisotopic (exact) mass is 292 g/mol. The van der Waals surface area contributed by atoms with E-state index in [1.54, 1.807) is 6.07 Å². The summed E-state index contributed by atoms with van der Waals surface area (Å²) in [6.45, 7) is 1.81. The number of carbonyl (C=O) groups is 2. The zero-order chi connectivity index (χ0) is 15.8. The summed E-state index contributed by atoms with van der Waals surface area (Å²) < 4.78 is 0. The van der Waals surface area contributed by atoms with Crippen molar-refractivity contribution in [3.05, 3.63) is 46.0 Å². The standard InChI is InChI=1S/C14H16N2O5/c1-2-8-15(10-14(18)19)13(17)7-6-11-4-3-5-12(9-11)16(20)21/h3-7,9H,2,8,10H2,1H3,(H,18,19)/b7-6+. The number of carboxylic acids is 1. The highest BCUT2D eigenvalue weighted by Crippen LogP contribution is 2.14. The molecule has 0 aromatic heterocycles. The summed E-state index contributed by atoms with van der Waals surface area (Å²) >= 11 is 0. The molecule has 0 atom stereocenters. The van der Waals surface area contributed by atoms with E-state index in [1.165, 1.54) is 35.3 Å². The first-order chi connectivity index (χ1) is 9.93. The highest BCUT2D eigenvalue weighted by atomic mass is 16.6. The van der Waals surface area contributed by atoms with Crippen LogP contribution in [0.5, 0.6) is 0 Å². The SMILES string of the molecule is CCCN(CC(=O)O)C(=O)/C=C/c1cccc([N+](=O)[O-])c1. The van der Waals surface area contributed by atoms with Gasteiger partial charge >= 0.3 is 5.97 Å². The first kappa shape index (κ1) is 16.4. The molecule has 1 aromatic carbocycles. The van der Waals surface area contributed by atoms with Crippen molar-refractivity contribution < 1.29 is 19.6 Å². The smallest absolute Gasteiger partial charge is 0.323 e. The molecule has 0 aliphatic rings. The minimum Gasteiger partial charge on any atom is -0.480 e. The van der Waals surface area contributed by atoms with E-state index in [0.29, 0.717) is 18.5 Å². The van der Waals surface area contributed by atoms with Gasteiger partial charge in [-0.2, -0.15) is 0 Å². The zero-order valence-electron chi connectivity index (χ0n) is 11.6. The summed E-state index contributed by atoms with van der Waals surface area (Å²) in [5.41, 5.74) is 0.435. The average Bonchev–Trinajstić information content (AvgIpc) is 2.44. The Morgan fingerprint density at radius 1 is 1.43 bits per heavy atom. The van der Waals surface area contributed by atoms with Gasteiger partial charge in [-0.15, -0.1) is 0 Å². The van der Waals surface area contributed by atoms with Gasteiger partial charge in [-0.1, -0.05) is 19.1 Å². The number of nitrogens with zero attached hydrogens (tertiary/aromatic N) is 2. The lowest BCUT2D eigenvalue weighted by Gasteiger charge is -2.17. The third kappa shape index (κ3) is 5.43. The van der Waals surface area contributed by atoms with Crippen LogP contribution in [0.2, 0.25) is 0 Å². The summed E-state index contributed by atoms with van der Waals surface area (Å²) in [6, 6.07) is 5.83. The number of aliphatic carboxylic acids is 1. The van der Waals surface area contributed by atoms with E-state index in [0.717, 1.165) is 0 Å². The molecule has 21 heavy (non-hydrogen) atoms. The summed E-state index contributed by atoms with van der Waals surface area (Å²) in [5, 5.41) is 19.4. The lowest BCUT2D eigenvalue weighted by molar-refractivity contribution is -0.384. The van der Waals surface area contributed by atoms with E-state index < -0.39 is 16.8 Å². The van der Waals surface area contributed by atoms with Crippen molar-refractivity contribution in [1.82, 2.24) is 4.90 Å². The number of nitro groups is 1. The summed E-state index contributed by atoms with van der Waals surface area (Å²) in [4.78, 5) is 33.9. The van der Waals surface area contributed by atoms with Crippen LogP contribution in [0, 0.1) is 10.1 Å². The predicted octanol–water partition coefficient (Wildman–Crippen LogP) is 1.93. The molecule has 0 spiro atoms. The lowest BCUT2D eigenvalue weighted by Crippen LogP contribution is -2.35. The molecule has 1 amide bonds. The Labute approximate surface area is 121 Å². The van der Waals surface area contributed by atoms with Crippen molar-refractivity contribution >= 4 is 23.6 Å². The molecule has 0 aliphatic heterocycles. The van der Waals surface area contributed by atoms with E-state index in [-0.39, 0.29) is 12.2 Å². The maximum atomic E-state index is 11.9. The topological polar surface area (TPSA) is 101 Å². The highest BCUT2D eigenvalue weighted by Gasteiger charge is 2.13. The summed E-state index contributed by atoms with van der Waals surface area (Å²) in [6.07, 6.45) is 3.29. The Kier molecular flexibility index (Phi) is 6.06. The van der Waals surface area contributed by atoms with Gasteiger partial charge in [0.05, 0.1) is 4.92 Å². The van der Waals surface area contributed by atoms with Gasteiger partial charge in [0.15, 0.2) is 0 Å². The number of carbonyl (C=O) groups excluding carboxylic acids is 1. The van der Waals surface area contributed by atoms with Crippen molar-refractivity contribution in [3.63, 3.8) is 0 Å². The number of rotatable bonds is 7. The quantitative estimate of drug-likeness (QED) is 0.470. The second-order valence-corrected chi connectivity index (χ2v) is 4.34. The van der Waals surface area contributed by atoms with Crippen molar-refractivity contribution in [1.29, 1.82) is 0 Å². The molecule has 0 fully saturated rings. The molecule has 1 N–H and O–H groups in total. The largest absolute Gasteiger partial charge is 0.480 e. The van der Waals surface area contributed by atoms with E-state index >= 15 is 0 Å². The molecular weight excluding hydrogens is 276 g/mol. The van der Waals surface area contributed by atoms with Gasteiger partial charge in [0.1, 0.15) is 6.54 Å². The molecule has 0 bridgehead atoms. The maximum absolute atomic E-state index is 11.9. The zero-order valence-corrected chi connectivity index (χ0v) is 11.6. The molecule has 0 heterocycles. The molecule has 112 valence electrons. The van der Waals surface area contributed by atoms with Gasteiger partial charge < -0.3 is 10.0 Å². The molecule has 0 aliphatic carbocycles. The normalized spacial score (nSPS) is 10.5. The second-order valence-electron chi connectivity index (χ2n) is 4.34. The number of carboxylic acid groups (broad SMARTS) is 1. The fourth-order valence-electron chi connectivity index (χ4n) is 1.72. The molecule has 0 unspecified atom stereocenters. The number of benzene rings is 1. The van der Waals surface area contributed by atoms with Gasteiger partial charge in [0, 0.05) is 24.8 Å². The van der Waals surface area contributed by atoms with Gasteiger partial charge in [0.2, 0.25) is 5.91 Å². The number of hydrogen-bond acceptors (Lipinski definition) is 4. The molecule has 7 nitrogen and oxygen atoms in total.